The molecule has 0 bridgehead atoms. The first-order valence-corrected chi connectivity index (χ1v) is 10.8. The summed E-state index contributed by atoms with van der Waals surface area (Å²) in [5.41, 5.74) is 3.02. The fraction of sp³-hybridized carbons (Fsp3) is 0.143. The quantitative estimate of drug-likeness (QED) is 0.430. The van der Waals surface area contributed by atoms with E-state index in [0.717, 1.165) is 21.7 Å². The fourth-order valence-electron chi connectivity index (χ4n) is 2.73. The smallest absolute Gasteiger partial charge is 0.277 e. The van der Waals surface area contributed by atoms with Crippen molar-refractivity contribution in [2.24, 2.45) is 0 Å². The van der Waals surface area contributed by atoms with Gasteiger partial charge in [0, 0.05) is 10.4 Å². The van der Waals surface area contributed by atoms with E-state index >= 15 is 0 Å². The number of thioether (sulfide) groups is 1. The van der Waals surface area contributed by atoms with E-state index in [0.29, 0.717) is 22.7 Å². The third kappa shape index (κ3) is 5.10. The standard InChI is InChI=1S/C21H18N4O2S2/c1-14-19(16-10-6-3-7-11-16)23-20(29-14)22-17(26)13-28-21-25-24-18(27-21)12-15-8-4-2-5-9-15/h2-11H,12-13H2,1H3,(H,22,23,26). The summed E-state index contributed by atoms with van der Waals surface area (Å²) < 4.78 is 5.62. The highest BCUT2D eigenvalue weighted by Crippen LogP contribution is 2.30. The maximum absolute atomic E-state index is 12.3. The van der Waals surface area contributed by atoms with Gasteiger partial charge in [0.25, 0.3) is 5.22 Å². The Kier molecular flexibility index (Phi) is 6.02. The minimum Gasteiger partial charge on any atom is -0.416 e. The number of amides is 1. The molecule has 0 aliphatic heterocycles. The topological polar surface area (TPSA) is 80.9 Å². The summed E-state index contributed by atoms with van der Waals surface area (Å²) in [5, 5.41) is 11.9. The molecular weight excluding hydrogens is 404 g/mol. The molecule has 29 heavy (non-hydrogen) atoms. The molecule has 2 heterocycles. The Morgan fingerprint density at radius 1 is 1.07 bits per heavy atom. The van der Waals surface area contributed by atoms with Crippen molar-refractivity contribution in [1.82, 2.24) is 15.2 Å². The van der Waals surface area contributed by atoms with E-state index in [-0.39, 0.29) is 11.7 Å². The van der Waals surface area contributed by atoms with Gasteiger partial charge < -0.3 is 9.73 Å². The second kappa shape index (κ2) is 9.02. The Labute approximate surface area is 176 Å². The summed E-state index contributed by atoms with van der Waals surface area (Å²) in [6, 6.07) is 19.8. The number of hydrogen-bond donors (Lipinski definition) is 1. The highest BCUT2D eigenvalue weighted by Gasteiger charge is 2.14. The maximum Gasteiger partial charge on any atom is 0.277 e. The zero-order valence-electron chi connectivity index (χ0n) is 15.7. The largest absolute Gasteiger partial charge is 0.416 e. The van der Waals surface area contributed by atoms with Gasteiger partial charge in [0.15, 0.2) is 5.13 Å². The minimum atomic E-state index is -0.161. The van der Waals surface area contributed by atoms with Crippen LogP contribution in [0.5, 0.6) is 0 Å². The van der Waals surface area contributed by atoms with Crippen LogP contribution in [0.25, 0.3) is 11.3 Å². The van der Waals surface area contributed by atoms with Crippen LogP contribution in [0, 0.1) is 6.92 Å². The van der Waals surface area contributed by atoms with Crippen molar-refractivity contribution in [2.75, 3.05) is 11.1 Å². The lowest BCUT2D eigenvalue weighted by Gasteiger charge is -1.99. The lowest BCUT2D eigenvalue weighted by atomic mass is 10.1. The summed E-state index contributed by atoms with van der Waals surface area (Å²) in [4.78, 5) is 17.9. The predicted octanol–water partition coefficient (Wildman–Crippen LogP) is 4.82. The SMILES string of the molecule is Cc1sc(NC(=O)CSc2nnc(Cc3ccccc3)o2)nc1-c1ccccc1. The number of rotatable bonds is 7. The summed E-state index contributed by atoms with van der Waals surface area (Å²) in [6.45, 7) is 2.00. The lowest BCUT2D eigenvalue weighted by Crippen LogP contribution is -2.13. The zero-order chi connectivity index (χ0) is 20.1. The summed E-state index contributed by atoms with van der Waals surface area (Å²) >= 11 is 2.67. The van der Waals surface area contributed by atoms with E-state index in [4.69, 9.17) is 4.42 Å². The molecule has 146 valence electrons. The summed E-state index contributed by atoms with van der Waals surface area (Å²) in [7, 11) is 0. The number of thiazole rings is 1. The van der Waals surface area contributed by atoms with Crippen molar-refractivity contribution >= 4 is 34.1 Å². The molecule has 0 radical (unpaired) electrons. The van der Waals surface area contributed by atoms with Crippen LogP contribution in [0.2, 0.25) is 0 Å². The highest BCUT2D eigenvalue weighted by atomic mass is 32.2. The van der Waals surface area contributed by atoms with Crippen LogP contribution < -0.4 is 5.32 Å². The number of nitrogens with zero attached hydrogens (tertiary/aromatic N) is 3. The molecule has 8 heteroatoms. The number of benzene rings is 2. The van der Waals surface area contributed by atoms with Crippen LogP contribution in [0.1, 0.15) is 16.3 Å². The Balaban J connectivity index is 1.32. The molecule has 0 atom stereocenters. The molecular formula is C21H18N4O2S2. The van der Waals surface area contributed by atoms with Gasteiger partial charge in [-0.05, 0) is 12.5 Å². The van der Waals surface area contributed by atoms with Crippen LogP contribution in [-0.4, -0.2) is 26.8 Å². The van der Waals surface area contributed by atoms with E-state index in [2.05, 4.69) is 20.5 Å². The number of aromatic nitrogens is 3. The second-order valence-electron chi connectivity index (χ2n) is 6.25. The van der Waals surface area contributed by atoms with Gasteiger partial charge >= 0.3 is 0 Å². The van der Waals surface area contributed by atoms with E-state index < -0.39 is 0 Å². The molecule has 2 aromatic heterocycles. The first-order valence-electron chi connectivity index (χ1n) is 8.99. The first-order chi connectivity index (χ1) is 14.2. The Morgan fingerprint density at radius 3 is 2.55 bits per heavy atom. The van der Waals surface area contributed by atoms with E-state index in [9.17, 15) is 4.79 Å². The van der Waals surface area contributed by atoms with Crippen LogP contribution in [0.15, 0.2) is 70.3 Å². The van der Waals surface area contributed by atoms with Crippen LogP contribution in [0.4, 0.5) is 5.13 Å². The Morgan fingerprint density at radius 2 is 1.79 bits per heavy atom. The number of hydrogen-bond acceptors (Lipinski definition) is 7. The van der Waals surface area contributed by atoms with Crippen molar-refractivity contribution in [3.63, 3.8) is 0 Å². The molecule has 0 unspecified atom stereocenters. The van der Waals surface area contributed by atoms with Gasteiger partial charge in [0.1, 0.15) is 0 Å². The number of carbonyl (C=O) groups is 1. The molecule has 2 aromatic carbocycles. The zero-order valence-corrected chi connectivity index (χ0v) is 17.3. The van der Waals surface area contributed by atoms with Crippen LogP contribution in [-0.2, 0) is 11.2 Å². The molecule has 1 N–H and O–H groups in total. The molecule has 6 nitrogen and oxygen atoms in total. The van der Waals surface area contributed by atoms with Crippen LogP contribution >= 0.6 is 23.1 Å². The van der Waals surface area contributed by atoms with Crippen molar-refractivity contribution in [2.45, 2.75) is 18.6 Å². The Hall–Kier alpha value is -2.97. The molecule has 4 aromatic rings. The van der Waals surface area contributed by atoms with E-state index in [1.54, 1.807) is 0 Å². The molecule has 0 aliphatic rings. The number of aryl methyl sites for hydroxylation is 1. The molecule has 0 aliphatic carbocycles. The molecule has 0 saturated carbocycles. The third-order valence-electron chi connectivity index (χ3n) is 4.06. The monoisotopic (exact) mass is 422 g/mol. The van der Waals surface area contributed by atoms with Gasteiger partial charge in [0.2, 0.25) is 11.8 Å². The van der Waals surface area contributed by atoms with Crippen molar-refractivity contribution in [1.29, 1.82) is 0 Å². The van der Waals surface area contributed by atoms with Crippen LogP contribution in [0.3, 0.4) is 0 Å². The molecule has 4 rings (SSSR count). The fourth-order valence-corrected chi connectivity index (χ4v) is 4.17. The summed E-state index contributed by atoms with van der Waals surface area (Å²) in [5.74, 6) is 0.542. The average molecular weight is 423 g/mol. The molecule has 0 fully saturated rings. The second-order valence-corrected chi connectivity index (χ2v) is 8.38. The van der Waals surface area contributed by atoms with E-state index in [1.807, 2.05) is 67.6 Å². The normalized spacial score (nSPS) is 10.8. The molecule has 0 saturated heterocycles. The number of carbonyl (C=O) groups excluding carboxylic acids is 1. The molecule has 0 spiro atoms. The van der Waals surface area contributed by atoms with Crippen molar-refractivity contribution in [3.8, 4) is 11.3 Å². The van der Waals surface area contributed by atoms with Gasteiger partial charge in [-0.1, -0.05) is 72.4 Å². The van der Waals surface area contributed by atoms with Gasteiger partial charge in [-0.15, -0.1) is 21.5 Å². The first kappa shape index (κ1) is 19.4. The number of anilines is 1. The third-order valence-corrected chi connectivity index (χ3v) is 5.77. The van der Waals surface area contributed by atoms with Gasteiger partial charge in [0.05, 0.1) is 17.9 Å². The van der Waals surface area contributed by atoms with Gasteiger partial charge in [-0.25, -0.2) is 4.98 Å². The number of nitrogens with one attached hydrogen (secondary N) is 1. The predicted molar refractivity (Wildman–Crippen MR) is 115 cm³/mol. The van der Waals surface area contributed by atoms with Crippen molar-refractivity contribution < 1.29 is 9.21 Å². The van der Waals surface area contributed by atoms with Crippen molar-refractivity contribution in [3.05, 3.63) is 77.0 Å². The highest BCUT2D eigenvalue weighted by molar-refractivity contribution is 7.99. The summed E-state index contributed by atoms with van der Waals surface area (Å²) in [6.07, 6.45) is 0.571. The Bertz CT molecular complexity index is 1090. The average Bonchev–Trinajstić information content (AvgIpc) is 3.34. The molecule has 1 amide bonds. The van der Waals surface area contributed by atoms with Gasteiger partial charge in [-0.3, -0.25) is 4.79 Å². The van der Waals surface area contributed by atoms with E-state index in [1.165, 1.54) is 23.1 Å². The van der Waals surface area contributed by atoms with Gasteiger partial charge in [-0.2, -0.15) is 0 Å². The minimum absolute atomic E-state index is 0.161. The lowest BCUT2D eigenvalue weighted by molar-refractivity contribution is -0.113. The maximum atomic E-state index is 12.3.